The Balaban J connectivity index is 1.48. The molecule has 3 aromatic carbocycles. The number of halogens is 2. The summed E-state index contributed by atoms with van der Waals surface area (Å²) in [7, 11) is 0. The zero-order chi connectivity index (χ0) is 25.2. The van der Waals surface area contributed by atoms with Crippen molar-refractivity contribution in [1.82, 2.24) is 14.5 Å². The zero-order valence-corrected chi connectivity index (χ0v) is 19.2. The van der Waals surface area contributed by atoms with Gasteiger partial charge in [-0.05, 0) is 42.5 Å². The summed E-state index contributed by atoms with van der Waals surface area (Å²) in [5.74, 6) is -1.69. The molecule has 10 heteroatoms. The van der Waals surface area contributed by atoms with Gasteiger partial charge in [0.15, 0.2) is 0 Å². The predicted octanol–water partition coefficient (Wildman–Crippen LogP) is 4.85. The molecule has 0 saturated carbocycles. The third-order valence-electron chi connectivity index (χ3n) is 5.37. The Hall–Kier alpha value is -4.70. The van der Waals surface area contributed by atoms with Crippen LogP contribution >= 0.6 is 11.3 Å². The van der Waals surface area contributed by atoms with E-state index in [4.69, 9.17) is 0 Å². The molecule has 0 bridgehead atoms. The average Bonchev–Trinajstić information content (AvgIpc) is 3.35. The number of benzene rings is 3. The van der Waals surface area contributed by atoms with Crippen molar-refractivity contribution < 1.29 is 13.6 Å². The second-order valence-corrected chi connectivity index (χ2v) is 8.50. The third-order valence-corrected chi connectivity index (χ3v) is 6.24. The maximum Gasteiger partial charge on any atom is 0.333 e. The van der Waals surface area contributed by atoms with Crippen molar-refractivity contribution in [1.29, 1.82) is 0 Å². The van der Waals surface area contributed by atoms with Gasteiger partial charge in [0.05, 0.1) is 17.1 Å². The van der Waals surface area contributed by atoms with Crippen LogP contribution in [0.3, 0.4) is 0 Å². The standard InChI is InChI=1S/C26H16F2N4O3S/c27-15-9-11-16(12-10-15)32-25(34)19(13-29-26(32)35)23(33)30-21-8-4-2-6-18(21)22-14-36-24(31-22)17-5-1-3-7-20(17)28/h1-14H,(H,29,35)(H,30,33). The maximum absolute atomic E-state index is 14.2. The number of hydrogen-bond donors (Lipinski definition) is 2. The fraction of sp³-hybridized carbons (Fsp3) is 0. The molecule has 2 aromatic heterocycles. The first-order valence-electron chi connectivity index (χ1n) is 10.6. The van der Waals surface area contributed by atoms with Crippen LogP contribution in [0, 0.1) is 11.6 Å². The van der Waals surface area contributed by atoms with Crippen molar-refractivity contribution in [3.8, 4) is 27.5 Å². The van der Waals surface area contributed by atoms with Gasteiger partial charge in [0, 0.05) is 22.7 Å². The Morgan fingerprint density at radius 1 is 0.917 bits per heavy atom. The van der Waals surface area contributed by atoms with E-state index in [-0.39, 0.29) is 11.3 Å². The Morgan fingerprint density at radius 2 is 1.61 bits per heavy atom. The van der Waals surface area contributed by atoms with Crippen LogP contribution in [0.15, 0.2) is 94.0 Å². The number of anilines is 1. The summed E-state index contributed by atoms with van der Waals surface area (Å²) in [6.45, 7) is 0. The number of amides is 1. The summed E-state index contributed by atoms with van der Waals surface area (Å²) >= 11 is 1.26. The van der Waals surface area contributed by atoms with Crippen LogP contribution in [-0.4, -0.2) is 20.4 Å². The van der Waals surface area contributed by atoms with E-state index < -0.39 is 28.8 Å². The number of carbonyl (C=O) groups is 1. The van der Waals surface area contributed by atoms with Gasteiger partial charge in [-0.1, -0.05) is 30.3 Å². The molecule has 0 spiro atoms. The quantitative estimate of drug-likeness (QED) is 0.359. The van der Waals surface area contributed by atoms with Crippen molar-refractivity contribution in [2.24, 2.45) is 0 Å². The van der Waals surface area contributed by atoms with Gasteiger partial charge in [-0.3, -0.25) is 9.59 Å². The van der Waals surface area contributed by atoms with E-state index in [1.165, 1.54) is 29.5 Å². The number of hydrogen-bond acceptors (Lipinski definition) is 5. The monoisotopic (exact) mass is 502 g/mol. The molecule has 5 rings (SSSR count). The summed E-state index contributed by atoms with van der Waals surface area (Å²) in [5.41, 5.74) is -0.0357. The van der Waals surface area contributed by atoms with E-state index in [2.05, 4.69) is 15.3 Å². The van der Waals surface area contributed by atoms with Crippen molar-refractivity contribution in [2.45, 2.75) is 0 Å². The van der Waals surface area contributed by atoms with E-state index in [1.807, 2.05) is 0 Å². The van der Waals surface area contributed by atoms with Crippen molar-refractivity contribution in [3.05, 3.63) is 122 Å². The van der Waals surface area contributed by atoms with Gasteiger partial charge >= 0.3 is 5.69 Å². The van der Waals surface area contributed by atoms with Crippen molar-refractivity contribution in [2.75, 3.05) is 5.32 Å². The fourth-order valence-electron chi connectivity index (χ4n) is 3.62. The van der Waals surface area contributed by atoms with E-state index in [9.17, 15) is 23.2 Å². The normalized spacial score (nSPS) is 10.8. The molecule has 36 heavy (non-hydrogen) atoms. The van der Waals surface area contributed by atoms with Crippen LogP contribution in [0.2, 0.25) is 0 Å². The van der Waals surface area contributed by atoms with Gasteiger partial charge in [0.1, 0.15) is 22.2 Å². The summed E-state index contributed by atoms with van der Waals surface area (Å²) < 4.78 is 28.2. The highest BCUT2D eigenvalue weighted by atomic mass is 32.1. The molecule has 0 unspecified atom stereocenters. The molecular formula is C26H16F2N4O3S. The molecule has 2 heterocycles. The Labute approximate surface area is 206 Å². The number of para-hydroxylation sites is 1. The molecule has 1 amide bonds. The largest absolute Gasteiger partial charge is 0.333 e. The fourth-order valence-corrected chi connectivity index (χ4v) is 4.47. The number of rotatable bonds is 5. The minimum Gasteiger partial charge on any atom is -0.321 e. The molecule has 2 N–H and O–H groups in total. The third kappa shape index (κ3) is 4.37. The maximum atomic E-state index is 14.2. The Morgan fingerprint density at radius 3 is 2.36 bits per heavy atom. The van der Waals surface area contributed by atoms with Crippen LogP contribution in [0.4, 0.5) is 14.5 Å². The first kappa shape index (κ1) is 23.1. The second kappa shape index (κ2) is 9.51. The smallest absolute Gasteiger partial charge is 0.321 e. The SMILES string of the molecule is O=C(Nc1ccccc1-c1csc(-c2ccccc2F)n1)c1c[nH]c(=O)n(-c2ccc(F)cc2)c1=O. The van der Waals surface area contributed by atoms with Crippen LogP contribution in [0.5, 0.6) is 0 Å². The van der Waals surface area contributed by atoms with E-state index in [0.717, 1.165) is 22.9 Å². The van der Waals surface area contributed by atoms with Gasteiger partial charge in [-0.15, -0.1) is 11.3 Å². The van der Waals surface area contributed by atoms with Crippen molar-refractivity contribution in [3.63, 3.8) is 0 Å². The van der Waals surface area contributed by atoms with Gasteiger partial charge in [0.25, 0.3) is 11.5 Å². The van der Waals surface area contributed by atoms with Crippen molar-refractivity contribution >= 4 is 22.9 Å². The van der Waals surface area contributed by atoms with Gasteiger partial charge < -0.3 is 10.3 Å². The average molecular weight is 503 g/mol. The molecule has 0 aliphatic carbocycles. The summed E-state index contributed by atoms with van der Waals surface area (Å²) in [5, 5.41) is 4.91. The first-order chi connectivity index (χ1) is 17.4. The number of nitrogens with zero attached hydrogens (tertiary/aromatic N) is 2. The molecular weight excluding hydrogens is 486 g/mol. The minimum atomic E-state index is -0.865. The molecule has 178 valence electrons. The van der Waals surface area contributed by atoms with E-state index in [0.29, 0.717) is 27.5 Å². The van der Waals surface area contributed by atoms with Crippen LogP contribution in [-0.2, 0) is 0 Å². The lowest BCUT2D eigenvalue weighted by molar-refractivity contribution is 0.102. The molecule has 0 saturated heterocycles. The highest BCUT2D eigenvalue weighted by Crippen LogP contribution is 2.33. The van der Waals surface area contributed by atoms with E-state index >= 15 is 0 Å². The lowest BCUT2D eigenvalue weighted by Crippen LogP contribution is -2.38. The number of nitrogens with one attached hydrogen (secondary N) is 2. The summed E-state index contributed by atoms with van der Waals surface area (Å²) in [6.07, 6.45) is 1.03. The molecule has 0 atom stereocenters. The number of thiazole rings is 1. The predicted molar refractivity (Wildman–Crippen MR) is 134 cm³/mol. The van der Waals surface area contributed by atoms with Gasteiger partial charge in [-0.2, -0.15) is 0 Å². The number of carbonyl (C=O) groups excluding carboxylic acids is 1. The number of aromatic amines is 1. The van der Waals surface area contributed by atoms with Gasteiger partial charge in [-0.25, -0.2) is 23.1 Å². The molecule has 0 aliphatic heterocycles. The van der Waals surface area contributed by atoms with Crippen LogP contribution in [0.25, 0.3) is 27.5 Å². The Bertz CT molecular complexity index is 1710. The highest BCUT2D eigenvalue weighted by molar-refractivity contribution is 7.13. The summed E-state index contributed by atoms with van der Waals surface area (Å²) in [4.78, 5) is 45.2. The molecule has 0 aliphatic rings. The lowest BCUT2D eigenvalue weighted by atomic mass is 10.1. The number of aromatic nitrogens is 3. The highest BCUT2D eigenvalue weighted by Gasteiger charge is 2.19. The molecule has 0 fully saturated rings. The van der Waals surface area contributed by atoms with Gasteiger partial charge in [0.2, 0.25) is 0 Å². The topological polar surface area (TPSA) is 96.8 Å². The minimum absolute atomic E-state index is 0.112. The summed E-state index contributed by atoms with van der Waals surface area (Å²) in [6, 6.07) is 17.9. The zero-order valence-electron chi connectivity index (χ0n) is 18.4. The molecule has 0 radical (unpaired) electrons. The first-order valence-corrected chi connectivity index (χ1v) is 11.5. The second-order valence-electron chi connectivity index (χ2n) is 7.64. The molecule has 7 nitrogen and oxygen atoms in total. The molecule has 5 aromatic rings. The van der Waals surface area contributed by atoms with Crippen LogP contribution < -0.4 is 16.6 Å². The Kier molecular flexibility index (Phi) is 6.09. The van der Waals surface area contributed by atoms with Crippen LogP contribution in [0.1, 0.15) is 10.4 Å². The van der Waals surface area contributed by atoms with E-state index in [1.54, 1.807) is 47.8 Å². The number of H-pyrrole nitrogens is 1. The lowest BCUT2D eigenvalue weighted by Gasteiger charge is -2.11.